The molecule has 0 radical (unpaired) electrons. The van der Waals surface area contributed by atoms with Crippen LogP contribution in [0.2, 0.25) is 0 Å². The molecule has 0 spiro atoms. The van der Waals surface area contributed by atoms with Crippen LogP contribution in [0.1, 0.15) is 27.7 Å². The number of carbonyl (C=O) groups is 1. The number of Topliss-reactive ketones (excluding diaryl/α,β-unsaturated/α-hetero) is 1. The number of benzene rings is 2. The summed E-state index contributed by atoms with van der Waals surface area (Å²) in [4.78, 5) is 17.8. The maximum atomic E-state index is 13.2. The lowest BCUT2D eigenvalue weighted by Gasteiger charge is -2.33. The van der Waals surface area contributed by atoms with Crippen LogP contribution in [0.15, 0.2) is 54.7 Å². The van der Waals surface area contributed by atoms with E-state index < -0.39 is 5.60 Å². The number of aromatic nitrogens is 1. The fourth-order valence-corrected chi connectivity index (χ4v) is 4.05. The van der Waals surface area contributed by atoms with Gasteiger partial charge in [0, 0.05) is 17.3 Å². The van der Waals surface area contributed by atoms with Gasteiger partial charge in [0.2, 0.25) is 5.78 Å². The fourth-order valence-electron chi connectivity index (χ4n) is 3.13. The van der Waals surface area contributed by atoms with Crippen molar-refractivity contribution in [2.45, 2.75) is 12.5 Å². The molecule has 0 amide bonds. The third-order valence-electron chi connectivity index (χ3n) is 4.22. The van der Waals surface area contributed by atoms with Gasteiger partial charge in [-0.2, -0.15) is 0 Å². The molecule has 0 aliphatic heterocycles. The van der Waals surface area contributed by atoms with Crippen molar-refractivity contribution in [3.63, 3.8) is 0 Å². The Morgan fingerprint density at radius 3 is 2.50 bits per heavy atom. The zero-order valence-corrected chi connectivity index (χ0v) is 13.8. The minimum absolute atomic E-state index is 0.330. The van der Waals surface area contributed by atoms with Gasteiger partial charge in [0.15, 0.2) is 5.60 Å². The van der Waals surface area contributed by atoms with Crippen LogP contribution in [-0.2, 0) is 5.60 Å². The second-order valence-electron chi connectivity index (χ2n) is 5.55. The number of nitrogens with zero attached hydrogens (tertiary/aromatic N) is 1. The number of ketones is 1. The van der Waals surface area contributed by atoms with Crippen LogP contribution in [-0.4, -0.2) is 22.5 Å². The minimum atomic E-state index is -1.74. The second kappa shape index (κ2) is 5.54. The highest BCUT2D eigenvalue weighted by Crippen LogP contribution is 2.47. The molecule has 1 N–H and O–H groups in total. The quantitative estimate of drug-likeness (QED) is 0.793. The number of carbonyl (C=O) groups excluding carboxylic acids is 1. The van der Waals surface area contributed by atoms with Crippen LogP contribution in [0.5, 0.6) is 5.19 Å². The Morgan fingerprint density at radius 1 is 1.08 bits per heavy atom. The summed E-state index contributed by atoms with van der Waals surface area (Å²) in [6.45, 7) is 2.35. The molecule has 4 nitrogen and oxygen atoms in total. The molecular formula is C19H15NO3S. The lowest BCUT2D eigenvalue weighted by Crippen LogP contribution is -2.39. The van der Waals surface area contributed by atoms with Crippen molar-refractivity contribution >= 4 is 17.1 Å². The van der Waals surface area contributed by atoms with Crippen molar-refractivity contribution in [3.8, 4) is 16.3 Å². The Morgan fingerprint density at radius 2 is 1.75 bits per heavy atom. The number of thiazole rings is 1. The molecule has 1 heterocycles. The smallest absolute Gasteiger partial charge is 0.273 e. The van der Waals surface area contributed by atoms with E-state index in [1.54, 1.807) is 12.1 Å². The van der Waals surface area contributed by atoms with Crippen molar-refractivity contribution in [3.05, 3.63) is 70.7 Å². The molecule has 0 bridgehead atoms. The maximum absolute atomic E-state index is 13.2. The highest BCUT2D eigenvalue weighted by atomic mass is 32.1. The molecule has 0 fully saturated rings. The number of rotatable bonds is 3. The Kier molecular flexibility index (Phi) is 3.48. The minimum Gasteiger partial charge on any atom is -0.470 e. The van der Waals surface area contributed by atoms with E-state index in [0.717, 1.165) is 11.1 Å². The molecule has 1 aliphatic carbocycles. The van der Waals surface area contributed by atoms with Crippen LogP contribution in [0.3, 0.4) is 0 Å². The normalized spacial score (nSPS) is 18.8. The third-order valence-corrected chi connectivity index (χ3v) is 5.23. The topological polar surface area (TPSA) is 59.4 Å². The van der Waals surface area contributed by atoms with Gasteiger partial charge in [-0.3, -0.25) is 4.79 Å². The molecule has 120 valence electrons. The van der Waals surface area contributed by atoms with Gasteiger partial charge in [-0.25, -0.2) is 4.98 Å². The maximum Gasteiger partial charge on any atom is 0.273 e. The lowest BCUT2D eigenvalue weighted by atomic mass is 9.74. The third kappa shape index (κ3) is 2.02. The van der Waals surface area contributed by atoms with Gasteiger partial charge >= 0.3 is 0 Å². The summed E-state index contributed by atoms with van der Waals surface area (Å²) >= 11 is 1.20. The summed E-state index contributed by atoms with van der Waals surface area (Å²) in [5.41, 5.74) is 1.07. The van der Waals surface area contributed by atoms with Crippen molar-refractivity contribution in [1.82, 2.24) is 4.98 Å². The average Bonchev–Trinajstić information content (AvgIpc) is 3.09. The van der Waals surface area contributed by atoms with E-state index >= 15 is 0 Å². The van der Waals surface area contributed by atoms with Crippen molar-refractivity contribution in [1.29, 1.82) is 0 Å². The summed E-state index contributed by atoms with van der Waals surface area (Å²) in [5, 5.41) is 11.9. The molecule has 24 heavy (non-hydrogen) atoms. The Bertz CT molecular complexity index is 934. The number of aliphatic hydroxyl groups is 1. The molecule has 1 aliphatic rings. The number of fused-ring (bicyclic) bond motifs is 3. The van der Waals surface area contributed by atoms with Gasteiger partial charge in [-0.1, -0.05) is 59.9 Å². The first-order valence-electron chi connectivity index (χ1n) is 7.71. The van der Waals surface area contributed by atoms with E-state index in [0.29, 0.717) is 27.8 Å². The molecule has 1 aromatic heterocycles. The highest BCUT2D eigenvalue weighted by molar-refractivity contribution is 7.13. The first-order valence-corrected chi connectivity index (χ1v) is 8.53. The summed E-state index contributed by atoms with van der Waals surface area (Å²) in [6, 6.07) is 14.8. The van der Waals surface area contributed by atoms with Crippen LogP contribution >= 0.6 is 11.3 Å². The highest BCUT2D eigenvalue weighted by Gasteiger charge is 2.47. The van der Waals surface area contributed by atoms with Crippen molar-refractivity contribution in [2.75, 3.05) is 6.61 Å². The Labute approximate surface area is 143 Å². The first kappa shape index (κ1) is 15.1. The van der Waals surface area contributed by atoms with Crippen LogP contribution in [0, 0.1) is 0 Å². The lowest BCUT2D eigenvalue weighted by molar-refractivity contribution is 0.0496. The molecule has 0 saturated carbocycles. The SMILES string of the molecule is CCOc1ncc([C@]2(O)C(=O)c3ccccc3-c3ccccc32)s1. The van der Waals surface area contributed by atoms with Gasteiger partial charge in [0.25, 0.3) is 5.19 Å². The van der Waals surface area contributed by atoms with E-state index in [1.165, 1.54) is 17.5 Å². The molecule has 1 atom stereocenters. The standard InChI is InChI=1S/C19H15NO3S/c1-2-23-18-20-11-16(24-18)19(22)15-10-6-5-8-13(15)12-7-3-4-9-14(12)17(19)21/h3-11,22H,2H2,1H3/t19-/m0/s1. The van der Waals surface area contributed by atoms with Gasteiger partial charge in [0.05, 0.1) is 11.5 Å². The number of hydrogen-bond acceptors (Lipinski definition) is 5. The molecular weight excluding hydrogens is 322 g/mol. The molecule has 5 heteroatoms. The van der Waals surface area contributed by atoms with Gasteiger partial charge in [-0.15, -0.1) is 0 Å². The van der Waals surface area contributed by atoms with E-state index in [4.69, 9.17) is 4.74 Å². The Balaban J connectivity index is 1.97. The summed E-state index contributed by atoms with van der Waals surface area (Å²) in [5.74, 6) is -0.330. The second-order valence-corrected chi connectivity index (χ2v) is 6.55. The average molecular weight is 337 g/mol. The molecule has 4 rings (SSSR count). The predicted octanol–water partition coefficient (Wildman–Crippen LogP) is 3.64. The summed E-state index contributed by atoms with van der Waals surface area (Å²) in [6.07, 6.45) is 1.53. The van der Waals surface area contributed by atoms with Gasteiger partial charge in [-0.05, 0) is 18.1 Å². The molecule has 3 aromatic rings. The summed E-state index contributed by atoms with van der Waals surface area (Å²) < 4.78 is 5.40. The molecule has 0 saturated heterocycles. The van der Waals surface area contributed by atoms with Crippen LogP contribution in [0.4, 0.5) is 0 Å². The van der Waals surface area contributed by atoms with E-state index in [1.807, 2.05) is 43.3 Å². The predicted molar refractivity (Wildman–Crippen MR) is 92.5 cm³/mol. The zero-order valence-electron chi connectivity index (χ0n) is 13.0. The number of hydrogen-bond donors (Lipinski definition) is 1. The zero-order chi connectivity index (χ0) is 16.7. The Hall–Kier alpha value is -2.50. The van der Waals surface area contributed by atoms with Crippen molar-refractivity contribution < 1.29 is 14.6 Å². The monoisotopic (exact) mass is 337 g/mol. The van der Waals surface area contributed by atoms with E-state index in [-0.39, 0.29) is 5.78 Å². The molecule has 2 aromatic carbocycles. The first-order chi connectivity index (χ1) is 11.7. The van der Waals surface area contributed by atoms with Crippen LogP contribution < -0.4 is 4.74 Å². The van der Waals surface area contributed by atoms with E-state index in [2.05, 4.69) is 4.98 Å². The van der Waals surface area contributed by atoms with E-state index in [9.17, 15) is 9.90 Å². The van der Waals surface area contributed by atoms with Crippen molar-refractivity contribution in [2.24, 2.45) is 0 Å². The molecule has 0 unspecified atom stereocenters. The largest absolute Gasteiger partial charge is 0.470 e. The van der Waals surface area contributed by atoms with Crippen LogP contribution in [0.25, 0.3) is 11.1 Å². The fraction of sp³-hybridized carbons (Fsp3) is 0.158. The van der Waals surface area contributed by atoms with Gasteiger partial charge < -0.3 is 9.84 Å². The summed E-state index contributed by atoms with van der Waals surface area (Å²) in [7, 11) is 0. The van der Waals surface area contributed by atoms with Gasteiger partial charge in [0.1, 0.15) is 0 Å². The number of ether oxygens (including phenoxy) is 1.